The maximum atomic E-state index is 3.29. The van der Waals surface area contributed by atoms with Gasteiger partial charge in [0.05, 0.1) is 0 Å². The summed E-state index contributed by atoms with van der Waals surface area (Å²) >= 11 is 0. The molecule has 2 fully saturated rings. The fourth-order valence-electron chi connectivity index (χ4n) is 2.76. The Hall–Kier alpha value is -0.0800. The standard InChI is InChI=1S/C12H24N2/c1-10(12-3-4-12)8-14-6-5-11(9-14)7-13-2/h10-13H,3-9H2,1-2H3. The summed E-state index contributed by atoms with van der Waals surface area (Å²) < 4.78 is 0. The minimum absolute atomic E-state index is 0.909. The predicted octanol–water partition coefficient (Wildman–Crippen LogP) is 1.57. The highest BCUT2D eigenvalue weighted by Gasteiger charge is 2.31. The van der Waals surface area contributed by atoms with Gasteiger partial charge in [0.2, 0.25) is 0 Å². The van der Waals surface area contributed by atoms with Gasteiger partial charge in [-0.25, -0.2) is 0 Å². The number of nitrogens with one attached hydrogen (secondary N) is 1. The Morgan fingerprint density at radius 1 is 1.36 bits per heavy atom. The first-order valence-corrected chi connectivity index (χ1v) is 6.16. The smallest absolute Gasteiger partial charge is 0.00224 e. The third-order valence-corrected chi connectivity index (χ3v) is 3.84. The lowest BCUT2D eigenvalue weighted by Crippen LogP contribution is -2.29. The molecule has 1 aliphatic heterocycles. The molecule has 1 aliphatic carbocycles. The quantitative estimate of drug-likeness (QED) is 0.718. The monoisotopic (exact) mass is 196 g/mol. The lowest BCUT2D eigenvalue weighted by molar-refractivity contribution is 0.262. The molecule has 1 N–H and O–H groups in total. The number of nitrogens with zero attached hydrogens (tertiary/aromatic N) is 1. The summed E-state index contributed by atoms with van der Waals surface area (Å²) in [4.78, 5) is 2.67. The largest absolute Gasteiger partial charge is 0.319 e. The van der Waals surface area contributed by atoms with Crippen LogP contribution >= 0.6 is 0 Å². The Bertz CT molecular complexity index is 177. The van der Waals surface area contributed by atoms with E-state index in [-0.39, 0.29) is 0 Å². The van der Waals surface area contributed by atoms with E-state index < -0.39 is 0 Å². The van der Waals surface area contributed by atoms with Gasteiger partial charge in [0, 0.05) is 13.1 Å². The van der Waals surface area contributed by atoms with Crippen LogP contribution in [0.2, 0.25) is 0 Å². The lowest BCUT2D eigenvalue weighted by Gasteiger charge is -2.20. The maximum absolute atomic E-state index is 3.29. The van der Waals surface area contributed by atoms with Gasteiger partial charge in [-0.3, -0.25) is 0 Å². The molecule has 0 bridgehead atoms. The van der Waals surface area contributed by atoms with Gasteiger partial charge in [0.1, 0.15) is 0 Å². The highest BCUT2D eigenvalue weighted by atomic mass is 15.1. The summed E-state index contributed by atoms with van der Waals surface area (Å²) in [6.45, 7) is 7.66. The molecule has 2 heteroatoms. The van der Waals surface area contributed by atoms with Crippen LogP contribution in [0.15, 0.2) is 0 Å². The van der Waals surface area contributed by atoms with Crippen molar-refractivity contribution in [3.63, 3.8) is 0 Å². The molecule has 2 rings (SSSR count). The van der Waals surface area contributed by atoms with Crippen LogP contribution in [0.1, 0.15) is 26.2 Å². The fraction of sp³-hybridized carbons (Fsp3) is 1.00. The maximum Gasteiger partial charge on any atom is 0.00224 e. The zero-order valence-electron chi connectivity index (χ0n) is 9.63. The molecule has 0 aromatic carbocycles. The van der Waals surface area contributed by atoms with E-state index in [0.717, 1.165) is 17.8 Å². The van der Waals surface area contributed by atoms with Gasteiger partial charge in [-0.05, 0) is 57.2 Å². The third-order valence-electron chi connectivity index (χ3n) is 3.84. The first-order chi connectivity index (χ1) is 6.79. The van der Waals surface area contributed by atoms with Gasteiger partial charge in [-0.15, -0.1) is 0 Å². The molecule has 2 nitrogen and oxygen atoms in total. The first kappa shape index (κ1) is 10.4. The molecule has 14 heavy (non-hydrogen) atoms. The van der Waals surface area contributed by atoms with E-state index in [1.807, 2.05) is 0 Å². The van der Waals surface area contributed by atoms with E-state index in [4.69, 9.17) is 0 Å². The molecule has 0 spiro atoms. The Labute approximate surface area is 88.1 Å². The predicted molar refractivity (Wildman–Crippen MR) is 60.4 cm³/mol. The Morgan fingerprint density at radius 3 is 2.79 bits per heavy atom. The van der Waals surface area contributed by atoms with Crippen molar-refractivity contribution >= 4 is 0 Å². The van der Waals surface area contributed by atoms with E-state index in [0.29, 0.717) is 0 Å². The highest BCUT2D eigenvalue weighted by Crippen LogP contribution is 2.37. The fourth-order valence-corrected chi connectivity index (χ4v) is 2.76. The van der Waals surface area contributed by atoms with Gasteiger partial charge in [0.25, 0.3) is 0 Å². The highest BCUT2D eigenvalue weighted by molar-refractivity contribution is 4.83. The van der Waals surface area contributed by atoms with Crippen molar-refractivity contribution in [3.05, 3.63) is 0 Å². The van der Waals surface area contributed by atoms with Gasteiger partial charge in [-0.2, -0.15) is 0 Å². The van der Waals surface area contributed by atoms with Crippen molar-refractivity contribution in [1.82, 2.24) is 10.2 Å². The molecular formula is C12H24N2. The van der Waals surface area contributed by atoms with E-state index in [9.17, 15) is 0 Å². The van der Waals surface area contributed by atoms with Crippen LogP contribution in [0.4, 0.5) is 0 Å². The lowest BCUT2D eigenvalue weighted by atomic mass is 10.1. The Kier molecular flexibility index (Phi) is 3.45. The molecule has 1 heterocycles. The van der Waals surface area contributed by atoms with E-state index in [1.54, 1.807) is 0 Å². The molecule has 82 valence electrons. The van der Waals surface area contributed by atoms with Gasteiger partial charge < -0.3 is 10.2 Å². The molecule has 0 amide bonds. The van der Waals surface area contributed by atoms with Crippen LogP contribution in [-0.2, 0) is 0 Å². The minimum Gasteiger partial charge on any atom is -0.319 e. The molecule has 2 aliphatic rings. The van der Waals surface area contributed by atoms with E-state index >= 15 is 0 Å². The second-order valence-electron chi connectivity index (χ2n) is 5.29. The number of likely N-dealkylation sites (tertiary alicyclic amines) is 1. The van der Waals surface area contributed by atoms with Crippen LogP contribution < -0.4 is 5.32 Å². The van der Waals surface area contributed by atoms with Crippen molar-refractivity contribution in [3.8, 4) is 0 Å². The summed E-state index contributed by atoms with van der Waals surface area (Å²) in [6, 6.07) is 0. The molecule has 1 saturated carbocycles. The normalized spacial score (nSPS) is 30.9. The number of rotatable bonds is 5. The van der Waals surface area contributed by atoms with Gasteiger partial charge in [0.15, 0.2) is 0 Å². The number of hydrogen-bond donors (Lipinski definition) is 1. The van der Waals surface area contributed by atoms with E-state index in [2.05, 4.69) is 24.2 Å². The van der Waals surface area contributed by atoms with Crippen LogP contribution in [0, 0.1) is 17.8 Å². The molecule has 0 radical (unpaired) electrons. The second kappa shape index (κ2) is 4.63. The van der Waals surface area contributed by atoms with Crippen LogP contribution in [-0.4, -0.2) is 38.1 Å². The van der Waals surface area contributed by atoms with Crippen molar-refractivity contribution in [1.29, 1.82) is 0 Å². The summed E-state index contributed by atoms with van der Waals surface area (Å²) in [5, 5.41) is 3.29. The molecule has 2 unspecified atom stereocenters. The van der Waals surface area contributed by atoms with Crippen LogP contribution in [0.25, 0.3) is 0 Å². The zero-order valence-corrected chi connectivity index (χ0v) is 9.63. The molecule has 1 saturated heterocycles. The van der Waals surface area contributed by atoms with Gasteiger partial charge in [-0.1, -0.05) is 6.92 Å². The average molecular weight is 196 g/mol. The average Bonchev–Trinajstić information content (AvgIpc) is 2.92. The van der Waals surface area contributed by atoms with Crippen molar-refractivity contribution in [2.24, 2.45) is 17.8 Å². The molecule has 0 aromatic heterocycles. The van der Waals surface area contributed by atoms with Crippen molar-refractivity contribution in [2.75, 3.05) is 33.2 Å². The summed E-state index contributed by atoms with van der Waals surface area (Å²) in [7, 11) is 2.06. The topological polar surface area (TPSA) is 15.3 Å². The second-order valence-corrected chi connectivity index (χ2v) is 5.29. The molecule has 2 atom stereocenters. The first-order valence-electron chi connectivity index (χ1n) is 6.16. The number of hydrogen-bond acceptors (Lipinski definition) is 2. The minimum atomic E-state index is 0.909. The van der Waals surface area contributed by atoms with Crippen molar-refractivity contribution in [2.45, 2.75) is 26.2 Å². The van der Waals surface area contributed by atoms with Gasteiger partial charge >= 0.3 is 0 Å². The summed E-state index contributed by atoms with van der Waals surface area (Å²) in [5.74, 6) is 2.92. The van der Waals surface area contributed by atoms with E-state index in [1.165, 1.54) is 45.4 Å². The Balaban J connectivity index is 1.67. The SMILES string of the molecule is CNCC1CCN(CC(C)C2CC2)C1. The Morgan fingerprint density at radius 2 is 2.14 bits per heavy atom. The summed E-state index contributed by atoms with van der Waals surface area (Å²) in [5.41, 5.74) is 0. The zero-order chi connectivity index (χ0) is 9.97. The van der Waals surface area contributed by atoms with Crippen molar-refractivity contribution < 1.29 is 0 Å². The molecule has 0 aromatic rings. The summed E-state index contributed by atoms with van der Waals surface area (Å²) in [6.07, 6.45) is 4.39. The third kappa shape index (κ3) is 2.71. The molecular weight excluding hydrogens is 172 g/mol. The van der Waals surface area contributed by atoms with Crippen LogP contribution in [0.3, 0.4) is 0 Å². The van der Waals surface area contributed by atoms with Crippen LogP contribution in [0.5, 0.6) is 0 Å².